The molecular formula is C13H22N2O2S2. The zero-order valence-electron chi connectivity index (χ0n) is 11.3. The molecule has 0 radical (unpaired) electrons. The van der Waals surface area contributed by atoms with Gasteiger partial charge in [-0.05, 0) is 36.6 Å². The summed E-state index contributed by atoms with van der Waals surface area (Å²) in [6, 6.07) is 1.72. The normalized spacial score (nSPS) is 25.2. The van der Waals surface area contributed by atoms with Crippen LogP contribution < -0.4 is 10.5 Å². The summed E-state index contributed by atoms with van der Waals surface area (Å²) in [5, 5.41) is 1.78. The molecule has 0 amide bonds. The van der Waals surface area contributed by atoms with E-state index in [1.807, 2.05) is 0 Å². The van der Waals surface area contributed by atoms with Gasteiger partial charge in [0.25, 0.3) is 0 Å². The highest BCUT2D eigenvalue weighted by molar-refractivity contribution is 7.89. The van der Waals surface area contributed by atoms with Crippen molar-refractivity contribution in [3.63, 3.8) is 0 Å². The highest BCUT2D eigenvalue weighted by atomic mass is 32.2. The van der Waals surface area contributed by atoms with Crippen molar-refractivity contribution in [1.29, 1.82) is 0 Å². The Bertz CT molecular complexity index is 510. The lowest BCUT2D eigenvalue weighted by molar-refractivity contribution is 0.484. The molecule has 1 aromatic heterocycles. The van der Waals surface area contributed by atoms with Gasteiger partial charge in [0.2, 0.25) is 10.0 Å². The monoisotopic (exact) mass is 302 g/mol. The lowest BCUT2D eigenvalue weighted by Gasteiger charge is -2.16. The van der Waals surface area contributed by atoms with E-state index in [9.17, 15) is 8.42 Å². The van der Waals surface area contributed by atoms with E-state index < -0.39 is 10.0 Å². The van der Waals surface area contributed by atoms with Crippen LogP contribution in [0.25, 0.3) is 0 Å². The Kier molecular flexibility index (Phi) is 5.00. The largest absolute Gasteiger partial charge is 0.326 e. The number of nitrogens with one attached hydrogen (secondary N) is 1. The lowest BCUT2D eigenvalue weighted by Crippen LogP contribution is -2.34. The molecular weight excluding hydrogens is 280 g/mol. The maximum absolute atomic E-state index is 12.4. The second-order valence-corrected chi connectivity index (χ2v) is 8.03. The van der Waals surface area contributed by atoms with Crippen LogP contribution in [0.4, 0.5) is 0 Å². The average Bonchev–Trinajstić information content (AvgIpc) is 2.76. The summed E-state index contributed by atoms with van der Waals surface area (Å²) in [4.78, 5) is 1.09. The molecule has 1 aliphatic carbocycles. The lowest BCUT2D eigenvalue weighted by atomic mass is 10.0. The molecule has 0 saturated heterocycles. The van der Waals surface area contributed by atoms with Gasteiger partial charge in [-0.25, -0.2) is 13.1 Å². The fourth-order valence-electron chi connectivity index (χ4n) is 2.60. The molecule has 4 nitrogen and oxygen atoms in total. The van der Waals surface area contributed by atoms with E-state index in [0.717, 1.165) is 30.6 Å². The first-order valence-electron chi connectivity index (χ1n) is 6.81. The van der Waals surface area contributed by atoms with Crippen LogP contribution in [0.15, 0.2) is 16.3 Å². The van der Waals surface area contributed by atoms with Crippen LogP contribution in [0, 0.1) is 5.92 Å². The van der Waals surface area contributed by atoms with Gasteiger partial charge in [0.1, 0.15) is 0 Å². The van der Waals surface area contributed by atoms with Crippen LogP contribution in [-0.2, 0) is 16.6 Å². The summed E-state index contributed by atoms with van der Waals surface area (Å²) >= 11 is 1.40. The molecule has 1 aromatic rings. The summed E-state index contributed by atoms with van der Waals surface area (Å²) in [5.41, 5.74) is 5.59. The topological polar surface area (TPSA) is 72.2 Å². The Morgan fingerprint density at radius 3 is 2.89 bits per heavy atom. The highest BCUT2D eigenvalue weighted by Gasteiger charge is 2.24. The van der Waals surface area contributed by atoms with Crippen molar-refractivity contribution in [2.24, 2.45) is 11.7 Å². The minimum atomic E-state index is -3.41. The quantitative estimate of drug-likeness (QED) is 0.839. The Balaban J connectivity index is 2.09. The third kappa shape index (κ3) is 3.78. The molecule has 2 atom stereocenters. The third-order valence-corrected chi connectivity index (χ3v) is 6.44. The zero-order valence-corrected chi connectivity index (χ0v) is 12.9. The van der Waals surface area contributed by atoms with Gasteiger partial charge < -0.3 is 5.73 Å². The maximum atomic E-state index is 12.4. The predicted molar refractivity (Wildman–Crippen MR) is 78.6 cm³/mol. The fraction of sp³-hybridized carbons (Fsp3) is 0.692. The van der Waals surface area contributed by atoms with Gasteiger partial charge in [-0.2, -0.15) is 0 Å². The predicted octanol–water partition coefficient (Wildman–Crippen LogP) is 2.45. The van der Waals surface area contributed by atoms with Gasteiger partial charge in [-0.15, -0.1) is 11.3 Å². The molecule has 2 unspecified atom stereocenters. The smallest absolute Gasteiger partial charge is 0.241 e. The number of rotatable bonds is 4. The molecule has 1 saturated carbocycles. The minimum absolute atomic E-state index is 0.0699. The van der Waals surface area contributed by atoms with Crippen LogP contribution in [0.3, 0.4) is 0 Å². The summed E-state index contributed by atoms with van der Waals surface area (Å²) < 4.78 is 27.6. The molecule has 0 aromatic carbocycles. The zero-order chi connectivity index (χ0) is 13.9. The van der Waals surface area contributed by atoms with Gasteiger partial charge in [0.15, 0.2) is 0 Å². The number of sulfonamides is 1. The second-order valence-electron chi connectivity index (χ2n) is 5.34. The van der Waals surface area contributed by atoms with Crippen LogP contribution in [0.2, 0.25) is 0 Å². The van der Waals surface area contributed by atoms with E-state index in [0.29, 0.717) is 10.8 Å². The Labute approximate surface area is 119 Å². The van der Waals surface area contributed by atoms with Gasteiger partial charge in [0.05, 0.1) is 4.90 Å². The first kappa shape index (κ1) is 15.0. The summed E-state index contributed by atoms with van der Waals surface area (Å²) in [5.74, 6) is 0.704. The van der Waals surface area contributed by atoms with Crippen molar-refractivity contribution < 1.29 is 8.42 Å². The van der Waals surface area contributed by atoms with Crippen molar-refractivity contribution in [3.05, 3.63) is 16.3 Å². The first-order chi connectivity index (χ1) is 9.03. The molecule has 19 heavy (non-hydrogen) atoms. The maximum Gasteiger partial charge on any atom is 0.241 e. The van der Waals surface area contributed by atoms with Crippen molar-refractivity contribution >= 4 is 21.4 Å². The summed E-state index contributed by atoms with van der Waals surface area (Å²) in [6.07, 6.45) is 5.27. The number of nitrogens with two attached hydrogens (primary N) is 1. The molecule has 0 aliphatic heterocycles. The molecule has 1 heterocycles. The van der Waals surface area contributed by atoms with Crippen molar-refractivity contribution in [3.8, 4) is 0 Å². The SMILES string of the molecule is CC1CCCC(NS(=O)(=O)c2ccsc2CN)CC1. The summed E-state index contributed by atoms with van der Waals surface area (Å²) in [7, 11) is -3.41. The minimum Gasteiger partial charge on any atom is -0.326 e. The van der Waals surface area contributed by atoms with Crippen LogP contribution in [-0.4, -0.2) is 14.5 Å². The molecule has 0 spiro atoms. The van der Waals surface area contributed by atoms with Crippen LogP contribution in [0.5, 0.6) is 0 Å². The highest BCUT2D eigenvalue weighted by Crippen LogP contribution is 2.26. The van der Waals surface area contributed by atoms with E-state index in [1.165, 1.54) is 17.8 Å². The van der Waals surface area contributed by atoms with Gasteiger partial charge in [-0.3, -0.25) is 0 Å². The summed E-state index contributed by atoms with van der Waals surface area (Å²) in [6.45, 7) is 2.51. The van der Waals surface area contributed by atoms with E-state index in [4.69, 9.17) is 5.73 Å². The van der Waals surface area contributed by atoms with E-state index in [1.54, 1.807) is 11.4 Å². The van der Waals surface area contributed by atoms with Crippen LogP contribution in [0.1, 0.15) is 43.9 Å². The molecule has 1 fully saturated rings. The Hall–Kier alpha value is -0.430. The molecule has 108 valence electrons. The standard InChI is InChI=1S/C13H22N2O2S2/c1-10-3-2-4-11(6-5-10)15-19(16,17)13-7-8-18-12(13)9-14/h7-8,10-11,15H,2-6,9,14H2,1H3. The van der Waals surface area contributed by atoms with E-state index in [-0.39, 0.29) is 12.6 Å². The van der Waals surface area contributed by atoms with E-state index in [2.05, 4.69) is 11.6 Å². The van der Waals surface area contributed by atoms with Gasteiger partial charge in [-0.1, -0.05) is 19.8 Å². The molecule has 0 bridgehead atoms. The number of hydrogen-bond acceptors (Lipinski definition) is 4. The average molecular weight is 302 g/mol. The van der Waals surface area contributed by atoms with Crippen molar-refractivity contribution in [2.45, 2.75) is 56.5 Å². The molecule has 1 aliphatic rings. The fourth-order valence-corrected chi connectivity index (χ4v) is 5.25. The third-order valence-electron chi connectivity index (χ3n) is 3.76. The van der Waals surface area contributed by atoms with Gasteiger partial charge >= 0.3 is 0 Å². The molecule has 3 N–H and O–H groups in total. The number of thiophene rings is 1. The first-order valence-corrected chi connectivity index (χ1v) is 9.18. The molecule has 6 heteroatoms. The van der Waals surface area contributed by atoms with Crippen molar-refractivity contribution in [2.75, 3.05) is 0 Å². The van der Waals surface area contributed by atoms with Gasteiger partial charge in [0, 0.05) is 17.5 Å². The second kappa shape index (κ2) is 6.35. The Morgan fingerprint density at radius 1 is 1.37 bits per heavy atom. The Morgan fingerprint density at radius 2 is 2.16 bits per heavy atom. The van der Waals surface area contributed by atoms with Crippen molar-refractivity contribution in [1.82, 2.24) is 4.72 Å². The van der Waals surface area contributed by atoms with E-state index >= 15 is 0 Å². The number of hydrogen-bond donors (Lipinski definition) is 2. The molecule has 2 rings (SSSR count). The van der Waals surface area contributed by atoms with Crippen LogP contribution >= 0.6 is 11.3 Å².